The normalized spacial score (nSPS) is 11.1. The molecule has 0 aromatic carbocycles. The Balaban J connectivity index is 2.16. The van der Waals surface area contributed by atoms with Gasteiger partial charge in [-0.25, -0.2) is 9.50 Å². The fraction of sp³-hybridized carbons (Fsp3) is 0.455. The highest BCUT2D eigenvalue weighted by Gasteiger charge is 2.02. The number of hydrogen-bond donors (Lipinski definition) is 1. The smallest absolute Gasteiger partial charge is 0.155 e. The van der Waals surface area contributed by atoms with Gasteiger partial charge in [-0.15, -0.1) is 0 Å². The highest BCUT2D eigenvalue weighted by Crippen LogP contribution is 2.05. The van der Waals surface area contributed by atoms with Gasteiger partial charge in [0.1, 0.15) is 0 Å². The fourth-order valence-corrected chi connectivity index (χ4v) is 1.56. The number of hydrogen-bond acceptors (Lipinski definition) is 3. The molecule has 2 aromatic heterocycles. The number of nitrogens with one attached hydrogen (secondary N) is 1. The van der Waals surface area contributed by atoms with Crippen LogP contribution in [0, 0.1) is 6.92 Å². The van der Waals surface area contributed by atoms with Gasteiger partial charge in [-0.2, -0.15) is 5.10 Å². The van der Waals surface area contributed by atoms with Crippen molar-refractivity contribution in [2.45, 2.75) is 19.8 Å². The van der Waals surface area contributed by atoms with E-state index in [0.29, 0.717) is 0 Å². The van der Waals surface area contributed by atoms with E-state index in [1.165, 1.54) is 5.56 Å². The van der Waals surface area contributed by atoms with E-state index in [1.807, 2.05) is 23.8 Å². The third kappa shape index (κ3) is 2.33. The first-order chi connectivity index (χ1) is 7.29. The van der Waals surface area contributed by atoms with E-state index in [4.69, 9.17) is 0 Å². The standard InChI is InChI=1S/C11H16N4/c1-9-5-6-11-13-10(4-3-7-12-2)14-15(11)8-9/h5-6,8,12H,3-4,7H2,1-2H3. The van der Waals surface area contributed by atoms with Crippen LogP contribution >= 0.6 is 0 Å². The number of aryl methyl sites for hydroxylation is 2. The van der Waals surface area contributed by atoms with Gasteiger partial charge in [0.25, 0.3) is 0 Å². The van der Waals surface area contributed by atoms with Gasteiger partial charge in [0.2, 0.25) is 0 Å². The lowest BCUT2D eigenvalue weighted by Crippen LogP contribution is -2.08. The maximum atomic E-state index is 4.45. The Labute approximate surface area is 89.3 Å². The summed E-state index contributed by atoms with van der Waals surface area (Å²) in [6, 6.07) is 4.06. The average molecular weight is 204 g/mol. The predicted octanol–water partition coefficient (Wildman–Crippen LogP) is 1.19. The summed E-state index contributed by atoms with van der Waals surface area (Å²) in [6.45, 7) is 3.07. The number of rotatable bonds is 4. The van der Waals surface area contributed by atoms with Crippen LogP contribution in [0.4, 0.5) is 0 Å². The number of pyridine rings is 1. The lowest BCUT2D eigenvalue weighted by atomic mass is 10.3. The molecule has 0 atom stereocenters. The van der Waals surface area contributed by atoms with Gasteiger partial charge in [0, 0.05) is 12.6 Å². The quantitative estimate of drug-likeness (QED) is 0.761. The Morgan fingerprint density at radius 3 is 3.07 bits per heavy atom. The Morgan fingerprint density at radius 2 is 2.27 bits per heavy atom. The molecule has 2 rings (SSSR count). The van der Waals surface area contributed by atoms with Crippen molar-refractivity contribution in [3.63, 3.8) is 0 Å². The molecule has 0 radical (unpaired) electrons. The Kier molecular flexibility index (Phi) is 2.97. The zero-order valence-corrected chi connectivity index (χ0v) is 9.20. The summed E-state index contributed by atoms with van der Waals surface area (Å²) in [7, 11) is 1.96. The molecule has 0 aliphatic rings. The van der Waals surface area contributed by atoms with Gasteiger partial charge >= 0.3 is 0 Å². The van der Waals surface area contributed by atoms with E-state index < -0.39 is 0 Å². The van der Waals surface area contributed by atoms with E-state index in [-0.39, 0.29) is 0 Å². The van der Waals surface area contributed by atoms with Crippen molar-refractivity contribution in [3.8, 4) is 0 Å². The summed E-state index contributed by atoms with van der Waals surface area (Å²) >= 11 is 0. The molecule has 0 amide bonds. The minimum atomic E-state index is 0.927. The second-order valence-electron chi connectivity index (χ2n) is 3.74. The van der Waals surface area contributed by atoms with Crippen molar-refractivity contribution in [3.05, 3.63) is 29.7 Å². The number of fused-ring (bicyclic) bond motifs is 1. The molecule has 0 saturated heterocycles. The van der Waals surface area contributed by atoms with Crippen LogP contribution in [0.5, 0.6) is 0 Å². The molecule has 0 saturated carbocycles. The lowest BCUT2D eigenvalue weighted by Gasteiger charge is -1.94. The third-order valence-corrected chi connectivity index (χ3v) is 2.35. The van der Waals surface area contributed by atoms with Crippen molar-refractivity contribution in [2.24, 2.45) is 0 Å². The van der Waals surface area contributed by atoms with Crippen LogP contribution in [-0.2, 0) is 6.42 Å². The molecule has 0 bridgehead atoms. The highest BCUT2D eigenvalue weighted by molar-refractivity contribution is 5.38. The largest absolute Gasteiger partial charge is 0.320 e. The van der Waals surface area contributed by atoms with Gasteiger partial charge in [0.15, 0.2) is 11.5 Å². The van der Waals surface area contributed by atoms with Crippen molar-refractivity contribution < 1.29 is 0 Å². The van der Waals surface area contributed by atoms with Crippen molar-refractivity contribution in [1.29, 1.82) is 0 Å². The highest BCUT2D eigenvalue weighted by atomic mass is 15.3. The number of nitrogens with zero attached hydrogens (tertiary/aromatic N) is 3. The first-order valence-electron chi connectivity index (χ1n) is 5.26. The van der Waals surface area contributed by atoms with Crippen molar-refractivity contribution in [2.75, 3.05) is 13.6 Å². The van der Waals surface area contributed by atoms with Gasteiger partial charge < -0.3 is 5.32 Å². The molecule has 0 fully saturated rings. The first kappa shape index (κ1) is 10.1. The molecule has 15 heavy (non-hydrogen) atoms. The minimum absolute atomic E-state index is 0.927. The van der Waals surface area contributed by atoms with Crippen LogP contribution in [0.3, 0.4) is 0 Å². The van der Waals surface area contributed by atoms with Gasteiger partial charge in [0.05, 0.1) is 0 Å². The average Bonchev–Trinajstić information content (AvgIpc) is 2.60. The zero-order valence-electron chi connectivity index (χ0n) is 9.20. The first-order valence-corrected chi connectivity index (χ1v) is 5.26. The molecule has 80 valence electrons. The molecule has 4 nitrogen and oxygen atoms in total. The Morgan fingerprint density at radius 1 is 1.40 bits per heavy atom. The van der Waals surface area contributed by atoms with Gasteiger partial charge in [-0.05, 0) is 38.6 Å². The third-order valence-electron chi connectivity index (χ3n) is 2.35. The zero-order chi connectivity index (χ0) is 10.7. The van der Waals surface area contributed by atoms with Crippen LogP contribution in [0.2, 0.25) is 0 Å². The Bertz CT molecular complexity index is 447. The summed E-state index contributed by atoms with van der Waals surface area (Å²) in [4.78, 5) is 4.45. The van der Waals surface area contributed by atoms with Crippen LogP contribution < -0.4 is 5.32 Å². The topological polar surface area (TPSA) is 42.2 Å². The molecule has 0 aliphatic carbocycles. The molecular weight excluding hydrogens is 188 g/mol. The number of aromatic nitrogens is 3. The minimum Gasteiger partial charge on any atom is -0.320 e. The summed E-state index contributed by atoms with van der Waals surface area (Å²) < 4.78 is 1.85. The van der Waals surface area contributed by atoms with Gasteiger partial charge in [-0.1, -0.05) is 6.07 Å². The second-order valence-corrected chi connectivity index (χ2v) is 3.74. The van der Waals surface area contributed by atoms with E-state index >= 15 is 0 Å². The monoisotopic (exact) mass is 204 g/mol. The Hall–Kier alpha value is -1.42. The van der Waals surface area contributed by atoms with E-state index in [2.05, 4.69) is 28.4 Å². The maximum absolute atomic E-state index is 4.45. The lowest BCUT2D eigenvalue weighted by molar-refractivity contribution is 0.700. The van der Waals surface area contributed by atoms with E-state index in [1.54, 1.807) is 0 Å². The summed E-state index contributed by atoms with van der Waals surface area (Å²) in [5.41, 5.74) is 2.13. The van der Waals surface area contributed by atoms with Gasteiger partial charge in [-0.3, -0.25) is 0 Å². The summed E-state index contributed by atoms with van der Waals surface area (Å²) in [5, 5.41) is 7.54. The molecule has 1 N–H and O–H groups in total. The van der Waals surface area contributed by atoms with Crippen LogP contribution in [0.15, 0.2) is 18.3 Å². The molecule has 0 aliphatic heterocycles. The van der Waals surface area contributed by atoms with Crippen molar-refractivity contribution >= 4 is 5.65 Å². The van der Waals surface area contributed by atoms with Crippen LogP contribution in [0.25, 0.3) is 5.65 Å². The van der Waals surface area contributed by atoms with Crippen LogP contribution in [-0.4, -0.2) is 28.2 Å². The molecule has 0 spiro atoms. The van der Waals surface area contributed by atoms with Crippen molar-refractivity contribution in [1.82, 2.24) is 19.9 Å². The SMILES string of the molecule is CNCCCc1nc2ccc(C)cn2n1. The van der Waals surface area contributed by atoms with E-state index in [9.17, 15) is 0 Å². The fourth-order valence-electron chi connectivity index (χ4n) is 1.56. The molecule has 0 unspecified atom stereocenters. The molecular formula is C11H16N4. The van der Waals surface area contributed by atoms with Crippen LogP contribution in [0.1, 0.15) is 17.8 Å². The second kappa shape index (κ2) is 4.40. The molecule has 2 heterocycles. The predicted molar refractivity (Wildman–Crippen MR) is 60.0 cm³/mol. The summed E-state index contributed by atoms with van der Waals surface area (Å²) in [5.74, 6) is 0.927. The molecule has 2 aromatic rings. The molecule has 4 heteroatoms. The maximum Gasteiger partial charge on any atom is 0.155 e. The van der Waals surface area contributed by atoms with E-state index in [0.717, 1.165) is 30.9 Å². The summed E-state index contributed by atoms with van der Waals surface area (Å²) in [6.07, 6.45) is 4.01.